The van der Waals surface area contributed by atoms with E-state index in [-0.39, 0.29) is 11.8 Å². The molecule has 0 aliphatic heterocycles. The van der Waals surface area contributed by atoms with Crippen molar-refractivity contribution in [2.24, 2.45) is 0 Å². The molecular weight excluding hydrogens is 370 g/mol. The quantitative estimate of drug-likeness (QED) is 0.440. The fraction of sp³-hybridized carbons (Fsp3) is 0.370. The molecule has 3 aromatic rings. The van der Waals surface area contributed by atoms with Gasteiger partial charge in [-0.1, -0.05) is 56.3 Å². The number of pyridine rings is 1. The smallest absolute Gasteiger partial charge is 0.161 e. The van der Waals surface area contributed by atoms with Gasteiger partial charge in [-0.25, -0.2) is 0 Å². The minimum Gasteiger partial charge on any atom is -0.493 e. The van der Waals surface area contributed by atoms with Crippen LogP contribution >= 0.6 is 0 Å². The highest BCUT2D eigenvalue weighted by atomic mass is 16.5. The number of aromatic nitrogens is 1. The molecule has 0 spiro atoms. The van der Waals surface area contributed by atoms with E-state index in [0.717, 1.165) is 30.0 Å². The second kappa shape index (κ2) is 9.34. The molecule has 3 heteroatoms. The summed E-state index contributed by atoms with van der Waals surface area (Å²) in [7, 11) is 1.71. The Bertz CT molecular complexity index is 964. The van der Waals surface area contributed by atoms with Gasteiger partial charge in [-0.3, -0.25) is 4.98 Å². The van der Waals surface area contributed by atoms with Gasteiger partial charge in [0.25, 0.3) is 0 Å². The summed E-state index contributed by atoms with van der Waals surface area (Å²) in [6.45, 7) is 4.48. The van der Waals surface area contributed by atoms with Gasteiger partial charge in [0.15, 0.2) is 11.5 Å². The minimum atomic E-state index is 0.157. The van der Waals surface area contributed by atoms with E-state index >= 15 is 0 Å². The third kappa shape index (κ3) is 4.35. The Morgan fingerprint density at radius 2 is 1.60 bits per heavy atom. The molecule has 1 aliphatic carbocycles. The van der Waals surface area contributed by atoms with Crippen LogP contribution in [0.3, 0.4) is 0 Å². The van der Waals surface area contributed by atoms with E-state index in [2.05, 4.69) is 62.4 Å². The van der Waals surface area contributed by atoms with Crippen LogP contribution in [0.2, 0.25) is 0 Å². The topological polar surface area (TPSA) is 31.4 Å². The number of ether oxygens (including phenoxy) is 2. The molecule has 3 nitrogen and oxygen atoms in total. The first-order valence-electron chi connectivity index (χ1n) is 11.0. The maximum absolute atomic E-state index is 6.33. The standard InChI is InChI=1S/C27H31NO2/c1-19(21-10-5-4-6-11-21)24-14-9-17-28-27(24)20(2)22-15-16-25(29-3)26(18-22)30-23-12-7-8-13-23/h4-6,9-11,14-20,23H,7-8,12-13H2,1-3H3. The second-order valence-corrected chi connectivity index (χ2v) is 8.27. The summed E-state index contributed by atoms with van der Waals surface area (Å²) in [5.74, 6) is 2.09. The van der Waals surface area contributed by atoms with Crippen LogP contribution in [-0.4, -0.2) is 18.2 Å². The Balaban J connectivity index is 1.65. The van der Waals surface area contributed by atoms with E-state index in [1.165, 1.54) is 29.5 Å². The Labute approximate surface area is 180 Å². The average Bonchev–Trinajstić information content (AvgIpc) is 3.32. The molecular formula is C27H31NO2. The molecule has 2 atom stereocenters. The summed E-state index contributed by atoms with van der Waals surface area (Å²) in [5.41, 5.74) is 4.89. The van der Waals surface area contributed by atoms with Crippen molar-refractivity contribution in [3.8, 4) is 11.5 Å². The number of hydrogen-bond acceptors (Lipinski definition) is 3. The van der Waals surface area contributed by atoms with Crippen molar-refractivity contribution in [2.75, 3.05) is 7.11 Å². The van der Waals surface area contributed by atoms with Gasteiger partial charge < -0.3 is 9.47 Å². The first-order valence-corrected chi connectivity index (χ1v) is 11.0. The Hall–Kier alpha value is -2.81. The average molecular weight is 402 g/mol. The van der Waals surface area contributed by atoms with Gasteiger partial charge in [0.05, 0.1) is 18.9 Å². The summed E-state index contributed by atoms with van der Waals surface area (Å²) < 4.78 is 11.9. The number of hydrogen-bond donors (Lipinski definition) is 0. The lowest BCUT2D eigenvalue weighted by atomic mass is 9.86. The first-order chi connectivity index (χ1) is 14.7. The number of nitrogens with zero attached hydrogens (tertiary/aromatic N) is 1. The van der Waals surface area contributed by atoms with Crippen molar-refractivity contribution in [3.05, 3.63) is 89.2 Å². The Morgan fingerprint density at radius 3 is 2.33 bits per heavy atom. The van der Waals surface area contributed by atoms with Crippen LogP contribution in [-0.2, 0) is 0 Å². The molecule has 0 bridgehead atoms. The van der Waals surface area contributed by atoms with Crippen LogP contribution in [0, 0.1) is 0 Å². The van der Waals surface area contributed by atoms with Crippen molar-refractivity contribution in [1.29, 1.82) is 0 Å². The molecule has 1 saturated carbocycles. The number of rotatable bonds is 7. The normalized spacial score (nSPS) is 16.2. The van der Waals surface area contributed by atoms with Crippen LogP contribution in [0.5, 0.6) is 11.5 Å². The zero-order chi connectivity index (χ0) is 20.9. The molecule has 1 aromatic heterocycles. The van der Waals surface area contributed by atoms with Crippen LogP contribution in [0.15, 0.2) is 66.9 Å². The molecule has 30 heavy (non-hydrogen) atoms. The van der Waals surface area contributed by atoms with Crippen molar-refractivity contribution in [2.45, 2.75) is 57.5 Å². The van der Waals surface area contributed by atoms with Gasteiger partial charge in [-0.15, -0.1) is 0 Å². The maximum Gasteiger partial charge on any atom is 0.161 e. The highest BCUT2D eigenvalue weighted by Gasteiger charge is 2.22. The Kier molecular flexibility index (Phi) is 6.37. The zero-order valence-corrected chi connectivity index (χ0v) is 18.2. The van der Waals surface area contributed by atoms with Gasteiger partial charge in [0.1, 0.15) is 0 Å². The highest BCUT2D eigenvalue weighted by Crippen LogP contribution is 2.37. The fourth-order valence-corrected chi connectivity index (χ4v) is 4.48. The zero-order valence-electron chi connectivity index (χ0n) is 18.2. The maximum atomic E-state index is 6.33. The lowest BCUT2D eigenvalue weighted by Crippen LogP contribution is -2.12. The third-order valence-corrected chi connectivity index (χ3v) is 6.33. The van der Waals surface area contributed by atoms with Gasteiger partial charge in [0, 0.05) is 18.0 Å². The van der Waals surface area contributed by atoms with Crippen LogP contribution in [0.25, 0.3) is 0 Å². The molecule has 0 N–H and O–H groups in total. The van der Waals surface area contributed by atoms with Crippen LogP contribution < -0.4 is 9.47 Å². The molecule has 4 rings (SSSR count). The summed E-state index contributed by atoms with van der Waals surface area (Å²) in [6.07, 6.45) is 6.94. The predicted molar refractivity (Wildman–Crippen MR) is 122 cm³/mol. The third-order valence-electron chi connectivity index (χ3n) is 6.33. The molecule has 2 unspecified atom stereocenters. The summed E-state index contributed by atoms with van der Waals surface area (Å²) in [5, 5.41) is 0. The Morgan fingerprint density at radius 1 is 0.833 bits per heavy atom. The van der Waals surface area contributed by atoms with E-state index in [4.69, 9.17) is 14.5 Å². The SMILES string of the molecule is COc1ccc(C(C)c2ncccc2C(C)c2ccccc2)cc1OC1CCCC1. The van der Waals surface area contributed by atoms with E-state index in [1.54, 1.807) is 7.11 Å². The summed E-state index contributed by atoms with van der Waals surface area (Å²) in [4.78, 5) is 4.81. The van der Waals surface area contributed by atoms with Crippen LogP contribution in [0.1, 0.15) is 73.8 Å². The second-order valence-electron chi connectivity index (χ2n) is 8.27. The van der Waals surface area contributed by atoms with Gasteiger partial charge in [0.2, 0.25) is 0 Å². The number of benzene rings is 2. The van der Waals surface area contributed by atoms with E-state index in [0.29, 0.717) is 6.10 Å². The molecule has 0 amide bonds. The molecule has 1 aliphatic rings. The summed E-state index contributed by atoms with van der Waals surface area (Å²) in [6, 6.07) is 21.2. The molecule has 0 radical (unpaired) electrons. The van der Waals surface area contributed by atoms with E-state index < -0.39 is 0 Å². The lowest BCUT2D eigenvalue weighted by Gasteiger charge is -2.22. The van der Waals surface area contributed by atoms with E-state index in [1.807, 2.05) is 18.3 Å². The van der Waals surface area contributed by atoms with Gasteiger partial charge in [-0.2, -0.15) is 0 Å². The first kappa shape index (κ1) is 20.5. The van der Waals surface area contributed by atoms with Gasteiger partial charge in [-0.05, 0) is 60.6 Å². The van der Waals surface area contributed by atoms with Crippen molar-refractivity contribution >= 4 is 0 Å². The predicted octanol–water partition coefficient (Wildman–Crippen LogP) is 6.72. The van der Waals surface area contributed by atoms with Gasteiger partial charge >= 0.3 is 0 Å². The number of methoxy groups -OCH3 is 1. The molecule has 2 aromatic carbocycles. The largest absolute Gasteiger partial charge is 0.493 e. The molecule has 1 heterocycles. The fourth-order valence-electron chi connectivity index (χ4n) is 4.48. The lowest BCUT2D eigenvalue weighted by molar-refractivity contribution is 0.200. The summed E-state index contributed by atoms with van der Waals surface area (Å²) >= 11 is 0. The van der Waals surface area contributed by atoms with E-state index in [9.17, 15) is 0 Å². The van der Waals surface area contributed by atoms with Crippen LogP contribution in [0.4, 0.5) is 0 Å². The molecule has 156 valence electrons. The molecule has 1 fully saturated rings. The highest BCUT2D eigenvalue weighted by molar-refractivity contribution is 5.47. The van der Waals surface area contributed by atoms with Crippen molar-refractivity contribution < 1.29 is 9.47 Å². The minimum absolute atomic E-state index is 0.157. The molecule has 0 saturated heterocycles. The monoisotopic (exact) mass is 401 g/mol. The van der Waals surface area contributed by atoms with Crippen molar-refractivity contribution in [3.63, 3.8) is 0 Å². The van der Waals surface area contributed by atoms with Crippen molar-refractivity contribution in [1.82, 2.24) is 4.98 Å².